The molecule has 7 heteroatoms. The summed E-state index contributed by atoms with van der Waals surface area (Å²) in [6.07, 6.45) is 3.83. The number of carbonyl (C=O) groups is 1. The third-order valence-corrected chi connectivity index (χ3v) is 4.98. The molecule has 0 aliphatic carbocycles. The fourth-order valence-electron chi connectivity index (χ4n) is 3.69. The second-order valence-corrected chi connectivity index (χ2v) is 6.55. The van der Waals surface area contributed by atoms with Gasteiger partial charge >= 0.3 is 0 Å². The highest BCUT2D eigenvalue weighted by Crippen LogP contribution is 2.33. The van der Waals surface area contributed by atoms with Crippen molar-refractivity contribution in [1.29, 1.82) is 0 Å². The van der Waals surface area contributed by atoms with Crippen LogP contribution in [0.5, 0.6) is 5.75 Å². The van der Waals surface area contributed by atoms with Gasteiger partial charge in [0.2, 0.25) is 0 Å². The van der Waals surface area contributed by atoms with Crippen LogP contribution in [0, 0.1) is 0 Å². The molecule has 1 amide bonds. The van der Waals surface area contributed by atoms with Crippen LogP contribution in [0.2, 0.25) is 0 Å². The molecule has 1 aliphatic rings. The van der Waals surface area contributed by atoms with Gasteiger partial charge < -0.3 is 14.6 Å². The zero-order chi connectivity index (χ0) is 18.8. The van der Waals surface area contributed by atoms with Gasteiger partial charge in [0, 0.05) is 42.0 Å². The first kappa shape index (κ1) is 17.5. The quantitative estimate of drug-likeness (QED) is 0.647. The number of nitrogens with one attached hydrogen (secondary N) is 3. The molecule has 3 aromatic rings. The van der Waals surface area contributed by atoms with Gasteiger partial charge in [0.25, 0.3) is 5.91 Å². The van der Waals surface area contributed by atoms with Crippen molar-refractivity contribution >= 4 is 16.8 Å². The van der Waals surface area contributed by atoms with Crippen molar-refractivity contribution in [2.45, 2.75) is 32.1 Å². The monoisotopic (exact) mass is 365 g/mol. The number of pyridine rings is 1. The summed E-state index contributed by atoms with van der Waals surface area (Å²) in [7, 11) is 1.69. The Kier molecular flexibility index (Phi) is 4.79. The smallest absolute Gasteiger partial charge is 0.252 e. The van der Waals surface area contributed by atoms with E-state index in [2.05, 4.69) is 44.8 Å². The van der Waals surface area contributed by atoms with Gasteiger partial charge in [-0.2, -0.15) is 0 Å². The molecule has 0 bridgehead atoms. The summed E-state index contributed by atoms with van der Waals surface area (Å²) in [6, 6.07) is 11.8. The number of hydrogen-bond donors (Lipinski definition) is 3. The summed E-state index contributed by atoms with van der Waals surface area (Å²) in [4.78, 5) is 16.3. The van der Waals surface area contributed by atoms with Crippen LogP contribution in [-0.4, -0.2) is 28.7 Å². The lowest BCUT2D eigenvalue weighted by molar-refractivity contribution is 0.0932. The van der Waals surface area contributed by atoms with E-state index in [1.54, 1.807) is 31.6 Å². The number of benzene rings is 1. The summed E-state index contributed by atoms with van der Waals surface area (Å²) in [5, 5.41) is 4.11. The second-order valence-electron chi connectivity index (χ2n) is 6.55. The standard InChI is InChI=1S/C20H23N5O2/c1-3-25-16-5-4-6-18(27-2)14(16)11-17(25)15-12-19(24-23-15)22-20(26)13-7-9-21-10-8-13/h4-11,15,19,23-24H,3,12H2,1-2H3,(H,22,26). The van der Waals surface area contributed by atoms with E-state index in [-0.39, 0.29) is 18.1 Å². The zero-order valence-corrected chi connectivity index (χ0v) is 15.4. The topological polar surface area (TPSA) is 80.2 Å². The fraction of sp³-hybridized carbons (Fsp3) is 0.300. The molecule has 0 spiro atoms. The Morgan fingerprint density at radius 2 is 2.11 bits per heavy atom. The number of fused-ring (bicyclic) bond motifs is 1. The number of hydrazine groups is 1. The number of rotatable bonds is 5. The Labute approximate surface area is 157 Å². The third-order valence-electron chi connectivity index (χ3n) is 4.98. The van der Waals surface area contributed by atoms with Crippen molar-refractivity contribution in [1.82, 2.24) is 25.7 Å². The number of nitrogens with zero attached hydrogens (tertiary/aromatic N) is 2. The molecule has 2 atom stereocenters. The summed E-state index contributed by atoms with van der Waals surface area (Å²) < 4.78 is 7.80. The zero-order valence-electron chi connectivity index (χ0n) is 15.4. The van der Waals surface area contributed by atoms with Crippen LogP contribution in [0.3, 0.4) is 0 Å². The van der Waals surface area contributed by atoms with Crippen LogP contribution in [0.4, 0.5) is 0 Å². The van der Waals surface area contributed by atoms with E-state index in [9.17, 15) is 4.79 Å². The molecule has 2 aromatic heterocycles. The van der Waals surface area contributed by atoms with Crippen LogP contribution in [0.15, 0.2) is 48.8 Å². The van der Waals surface area contributed by atoms with Crippen molar-refractivity contribution < 1.29 is 9.53 Å². The van der Waals surface area contributed by atoms with Crippen molar-refractivity contribution in [3.8, 4) is 5.75 Å². The summed E-state index contributed by atoms with van der Waals surface area (Å²) in [6.45, 7) is 2.99. The van der Waals surface area contributed by atoms with E-state index in [0.717, 1.165) is 29.6 Å². The number of aryl methyl sites for hydroxylation is 1. The van der Waals surface area contributed by atoms with Gasteiger partial charge in [-0.25, -0.2) is 10.9 Å². The number of carbonyl (C=O) groups excluding carboxylic acids is 1. The fourth-order valence-corrected chi connectivity index (χ4v) is 3.69. The summed E-state index contributed by atoms with van der Waals surface area (Å²) >= 11 is 0. The first-order valence-corrected chi connectivity index (χ1v) is 9.09. The van der Waals surface area contributed by atoms with E-state index in [1.807, 2.05) is 12.1 Å². The van der Waals surface area contributed by atoms with Crippen LogP contribution >= 0.6 is 0 Å². The molecule has 27 heavy (non-hydrogen) atoms. The number of amides is 1. The lowest BCUT2D eigenvalue weighted by Crippen LogP contribution is -2.44. The van der Waals surface area contributed by atoms with E-state index >= 15 is 0 Å². The van der Waals surface area contributed by atoms with Crippen molar-refractivity contribution in [2.24, 2.45) is 0 Å². The summed E-state index contributed by atoms with van der Waals surface area (Å²) in [5.74, 6) is 0.754. The molecule has 3 heterocycles. The van der Waals surface area contributed by atoms with Crippen molar-refractivity contribution in [2.75, 3.05) is 7.11 Å². The molecule has 1 aromatic carbocycles. The molecule has 2 unspecified atom stereocenters. The lowest BCUT2D eigenvalue weighted by Gasteiger charge is -2.14. The number of methoxy groups -OCH3 is 1. The predicted octanol–water partition coefficient (Wildman–Crippen LogP) is 2.36. The number of aromatic nitrogens is 2. The maximum absolute atomic E-state index is 12.4. The molecule has 1 aliphatic heterocycles. The first-order valence-electron chi connectivity index (χ1n) is 9.09. The Morgan fingerprint density at radius 1 is 1.30 bits per heavy atom. The van der Waals surface area contributed by atoms with Gasteiger partial charge in [-0.15, -0.1) is 0 Å². The molecular weight excluding hydrogens is 342 g/mol. The Bertz CT molecular complexity index is 954. The molecule has 3 N–H and O–H groups in total. The first-order chi connectivity index (χ1) is 13.2. The molecule has 140 valence electrons. The number of ether oxygens (including phenoxy) is 1. The molecule has 7 nitrogen and oxygen atoms in total. The lowest BCUT2D eigenvalue weighted by atomic mass is 10.1. The Balaban J connectivity index is 1.54. The van der Waals surface area contributed by atoms with Crippen LogP contribution < -0.4 is 20.9 Å². The van der Waals surface area contributed by atoms with E-state index < -0.39 is 0 Å². The minimum Gasteiger partial charge on any atom is -0.496 e. The van der Waals surface area contributed by atoms with E-state index in [1.165, 1.54) is 5.69 Å². The average molecular weight is 365 g/mol. The molecule has 0 saturated carbocycles. The van der Waals surface area contributed by atoms with Crippen molar-refractivity contribution in [3.63, 3.8) is 0 Å². The highest BCUT2D eigenvalue weighted by Gasteiger charge is 2.29. The van der Waals surface area contributed by atoms with E-state index in [4.69, 9.17) is 4.74 Å². The van der Waals surface area contributed by atoms with Crippen LogP contribution in [0.1, 0.15) is 35.4 Å². The average Bonchev–Trinajstić information content (AvgIpc) is 3.32. The highest BCUT2D eigenvalue weighted by atomic mass is 16.5. The minimum absolute atomic E-state index is 0.0878. The molecule has 1 saturated heterocycles. The molecule has 0 radical (unpaired) electrons. The van der Waals surface area contributed by atoms with Gasteiger partial charge in [0.05, 0.1) is 24.8 Å². The van der Waals surface area contributed by atoms with E-state index in [0.29, 0.717) is 5.56 Å². The van der Waals surface area contributed by atoms with Crippen molar-refractivity contribution in [3.05, 3.63) is 60.0 Å². The second kappa shape index (κ2) is 7.38. The summed E-state index contributed by atoms with van der Waals surface area (Å²) in [5.41, 5.74) is 9.42. The maximum atomic E-state index is 12.4. The van der Waals surface area contributed by atoms with Gasteiger partial charge in [-0.3, -0.25) is 9.78 Å². The third kappa shape index (κ3) is 3.27. The highest BCUT2D eigenvalue weighted by molar-refractivity contribution is 5.94. The SMILES string of the molecule is CCn1c(C2CC(NC(=O)c3ccncc3)NN2)cc2c(OC)cccc21. The van der Waals surface area contributed by atoms with Gasteiger partial charge in [-0.1, -0.05) is 6.07 Å². The normalized spacial score (nSPS) is 19.3. The Morgan fingerprint density at radius 3 is 2.85 bits per heavy atom. The Hall–Kier alpha value is -2.90. The molecule has 4 rings (SSSR count). The van der Waals surface area contributed by atoms with Gasteiger partial charge in [0.15, 0.2) is 0 Å². The predicted molar refractivity (Wildman–Crippen MR) is 103 cm³/mol. The van der Waals surface area contributed by atoms with Crippen LogP contribution in [0.25, 0.3) is 10.9 Å². The van der Waals surface area contributed by atoms with Gasteiger partial charge in [0.1, 0.15) is 5.75 Å². The van der Waals surface area contributed by atoms with Gasteiger partial charge in [-0.05, 0) is 37.3 Å². The number of hydrogen-bond acceptors (Lipinski definition) is 5. The molecule has 1 fully saturated rings. The van der Waals surface area contributed by atoms with Crippen LogP contribution in [-0.2, 0) is 6.54 Å². The maximum Gasteiger partial charge on any atom is 0.252 e. The minimum atomic E-state index is -0.152. The molecular formula is C20H23N5O2. The largest absolute Gasteiger partial charge is 0.496 e.